The van der Waals surface area contributed by atoms with Crippen molar-refractivity contribution in [3.05, 3.63) is 48.5 Å². The third-order valence-corrected chi connectivity index (χ3v) is 6.26. The number of likely N-dealkylation sites (tertiary alicyclic amines) is 1. The van der Waals surface area contributed by atoms with E-state index in [2.05, 4.69) is 10.3 Å². The minimum absolute atomic E-state index is 0.0484. The molecule has 7 heteroatoms. The number of anilines is 1. The number of nitrogens with zero attached hydrogens (tertiary/aromatic N) is 2. The number of carbonyl (C=O) groups excluding carboxylic acids is 1. The fourth-order valence-electron chi connectivity index (χ4n) is 4.69. The number of aliphatic carboxylic acids is 1. The first kappa shape index (κ1) is 17.7. The molecule has 2 N–H and O–H groups in total. The van der Waals surface area contributed by atoms with Crippen molar-refractivity contribution in [2.45, 2.75) is 19.3 Å². The smallest absolute Gasteiger partial charge is 0.321 e. The molecule has 1 saturated heterocycles. The first-order chi connectivity index (χ1) is 14.0. The van der Waals surface area contributed by atoms with Crippen LogP contribution in [0.5, 0.6) is 0 Å². The van der Waals surface area contributed by atoms with E-state index in [0.29, 0.717) is 24.5 Å². The number of carbonyl (C=O) groups is 2. The Hall–Kier alpha value is -3.35. The summed E-state index contributed by atoms with van der Waals surface area (Å²) in [6.45, 7) is 0.777. The monoisotopic (exact) mass is 391 g/mol. The highest BCUT2D eigenvalue weighted by molar-refractivity contribution is 5.91. The second-order valence-corrected chi connectivity index (χ2v) is 7.93. The van der Waals surface area contributed by atoms with Crippen molar-refractivity contribution in [3.63, 3.8) is 0 Å². The fourth-order valence-corrected chi connectivity index (χ4v) is 4.69. The number of fused-ring (bicyclic) bond motifs is 2. The van der Waals surface area contributed by atoms with Crippen LogP contribution in [0.3, 0.4) is 0 Å². The summed E-state index contributed by atoms with van der Waals surface area (Å²) in [7, 11) is 0. The maximum Gasteiger partial charge on any atom is 0.321 e. The molecule has 1 saturated carbocycles. The van der Waals surface area contributed by atoms with Gasteiger partial charge in [0.2, 0.25) is 5.89 Å². The number of amides is 2. The van der Waals surface area contributed by atoms with Gasteiger partial charge in [-0.2, -0.15) is 0 Å². The largest absolute Gasteiger partial charge is 0.481 e. The molecule has 148 valence electrons. The average molecular weight is 391 g/mol. The molecule has 1 aromatic heterocycles. The van der Waals surface area contributed by atoms with Crippen molar-refractivity contribution in [1.29, 1.82) is 0 Å². The van der Waals surface area contributed by atoms with Gasteiger partial charge in [0.05, 0.1) is 5.41 Å². The summed E-state index contributed by atoms with van der Waals surface area (Å²) >= 11 is 0. The molecule has 1 aliphatic carbocycles. The Labute approximate surface area is 167 Å². The van der Waals surface area contributed by atoms with E-state index in [0.717, 1.165) is 29.5 Å². The summed E-state index contributed by atoms with van der Waals surface area (Å²) in [5.74, 6) is -0.204. The van der Waals surface area contributed by atoms with Gasteiger partial charge in [-0.15, -0.1) is 0 Å². The van der Waals surface area contributed by atoms with Crippen LogP contribution in [0, 0.1) is 11.3 Å². The Kier molecular flexibility index (Phi) is 4.04. The number of carboxylic acid groups (broad SMARTS) is 1. The number of hydrogen-bond donors (Lipinski definition) is 2. The SMILES string of the molecule is O=C(Nc1ccc(-c2nc3ccccc3o2)cc1)N1C[C@@H]2CCC[C@@]2(C(=O)O)C1. The number of benzene rings is 2. The quantitative estimate of drug-likeness (QED) is 0.697. The van der Waals surface area contributed by atoms with Gasteiger partial charge in [-0.1, -0.05) is 18.6 Å². The maximum absolute atomic E-state index is 12.7. The van der Waals surface area contributed by atoms with Crippen LogP contribution in [0.4, 0.5) is 10.5 Å². The van der Waals surface area contributed by atoms with E-state index in [9.17, 15) is 14.7 Å². The third kappa shape index (κ3) is 2.93. The number of aromatic nitrogens is 1. The zero-order valence-corrected chi connectivity index (χ0v) is 15.8. The van der Waals surface area contributed by atoms with Gasteiger partial charge >= 0.3 is 12.0 Å². The molecule has 0 bridgehead atoms. The molecule has 0 radical (unpaired) electrons. The summed E-state index contributed by atoms with van der Waals surface area (Å²) in [4.78, 5) is 30.6. The normalized spacial score (nSPS) is 23.3. The predicted octanol–water partition coefficient (Wildman–Crippen LogP) is 4.21. The summed E-state index contributed by atoms with van der Waals surface area (Å²) in [6.07, 6.45) is 2.44. The molecule has 2 aromatic carbocycles. The van der Waals surface area contributed by atoms with Crippen LogP contribution in [-0.2, 0) is 4.79 Å². The van der Waals surface area contributed by atoms with Crippen LogP contribution >= 0.6 is 0 Å². The summed E-state index contributed by atoms with van der Waals surface area (Å²) in [5, 5.41) is 12.6. The molecule has 0 spiro atoms. The first-order valence-electron chi connectivity index (χ1n) is 9.80. The van der Waals surface area contributed by atoms with Crippen molar-refractivity contribution in [2.24, 2.45) is 11.3 Å². The standard InChI is InChI=1S/C22H21N3O4/c26-20(27)22-11-3-4-15(22)12-25(13-22)21(28)23-16-9-7-14(8-10-16)19-24-17-5-1-2-6-18(17)29-19/h1-2,5-10,15H,3-4,11-13H2,(H,23,28)(H,26,27)/t15-,22+/m0/s1. The number of urea groups is 1. The highest BCUT2D eigenvalue weighted by Gasteiger charge is 2.55. The van der Waals surface area contributed by atoms with Gasteiger partial charge in [-0.05, 0) is 55.2 Å². The van der Waals surface area contributed by atoms with E-state index in [1.54, 1.807) is 17.0 Å². The van der Waals surface area contributed by atoms with Crippen LogP contribution in [0.1, 0.15) is 19.3 Å². The Morgan fingerprint density at radius 1 is 1.17 bits per heavy atom. The average Bonchev–Trinajstić information content (AvgIpc) is 3.40. The lowest BCUT2D eigenvalue weighted by Gasteiger charge is -2.23. The molecule has 2 amide bonds. The number of carboxylic acids is 1. The number of rotatable bonds is 3. The zero-order chi connectivity index (χ0) is 20.0. The Morgan fingerprint density at radius 2 is 1.97 bits per heavy atom. The van der Waals surface area contributed by atoms with Gasteiger partial charge in [-0.3, -0.25) is 4.79 Å². The van der Waals surface area contributed by atoms with Gasteiger partial charge in [0, 0.05) is 24.3 Å². The number of para-hydroxylation sites is 2. The van der Waals surface area contributed by atoms with E-state index in [1.807, 2.05) is 36.4 Å². The third-order valence-electron chi connectivity index (χ3n) is 6.26. The molecular weight excluding hydrogens is 370 g/mol. The molecule has 7 nitrogen and oxygen atoms in total. The second kappa shape index (κ2) is 6.62. The molecule has 3 aromatic rings. The number of oxazole rings is 1. The highest BCUT2D eigenvalue weighted by atomic mass is 16.4. The van der Waals surface area contributed by atoms with Crippen molar-refractivity contribution < 1.29 is 19.1 Å². The van der Waals surface area contributed by atoms with Crippen LogP contribution in [0.2, 0.25) is 0 Å². The second-order valence-electron chi connectivity index (χ2n) is 7.93. The van der Waals surface area contributed by atoms with E-state index >= 15 is 0 Å². The Balaban J connectivity index is 1.29. The van der Waals surface area contributed by atoms with Crippen molar-refractivity contribution in [2.75, 3.05) is 18.4 Å². The van der Waals surface area contributed by atoms with Crippen LogP contribution in [-0.4, -0.2) is 40.1 Å². The molecule has 2 heterocycles. The van der Waals surface area contributed by atoms with E-state index in [4.69, 9.17) is 4.42 Å². The highest BCUT2D eigenvalue weighted by Crippen LogP contribution is 2.48. The maximum atomic E-state index is 12.7. The summed E-state index contributed by atoms with van der Waals surface area (Å²) < 4.78 is 5.77. The van der Waals surface area contributed by atoms with Crippen LogP contribution in [0.15, 0.2) is 52.9 Å². The van der Waals surface area contributed by atoms with E-state index in [1.165, 1.54) is 0 Å². The van der Waals surface area contributed by atoms with Crippen molar-refractivity contribution in [3.8, 4) is 11.5 Å². The lowest BCUT2D eigenvalue weighted by Crippen LogP contribution is -2.38. The van der Waals surface area contributed by atoms with Gasteiger partial charge in [0.15, 0.2) is 5.58 Å². The molecule has 5 rings (SSSR count). The molecule has 29 heavy (non-hydrogen) atoms. The number of nitrogens with one attached hydrogen (secondary N) is 1. The van der Waals surface area contributed by atoms with Gasteiger partial charge in [-0.25, -0.2) is 9.78 Å². The van der Waals surface area contributed by atoms with Crippen molar-refractivity contribution in [1.82, 2.24) is 9.88 Å². The topological polar surface area (TPSA) is 95.7 Å². The fraction of sp³-hybridized carbons (Fsp3) is 0.318. The summed E-state index contributed by atoms with van der Waals surface area (Å²) in [5.41, 5.74) is 2.23. The minimum atomic E-state index is -0.780. The van der Waals surface area contributed by atoms with Crippen molar-refractivity contribution >= 4 is 28.8 Å². The zero-order valence-electron chi connectivity index (χ0n) is 15.8. The predicted molar refractivity (Wildman–Crippen MR) is 107 cm³/mol. The van der Waals surface area contributed by atoms with Gasteiger partial charge in [0.1, 0.15) is 5.52 Å². The lowest BCUT2D eigenvalue weighted by molar-refractivity contribution is -0.149. The first-order valence-corrected chi connectivity index (χ1v) is 9.80. The molecule has 2 aliphatic rings. The molecule has 2 atom stereocenters. The van der Waals surface area contributed by atoms with Gasteiger partial charge in [0.25, 0.3) is 0 Å². The molecule has 2 fully saturated rings. The Bertz CT molecular complexity index is 1060. The molecule has 1 aliphatic heterocycles. The van der Waals surface area contributed by atoms with Crippen LogP contribution < -0.4 is 5.32 Å². The van der Waals surface area contributed by atoms with E-state index in [-0.39, 0.29) is 18.5 Å². The summed E-state index contributed by atoms with van der Waals surface area (Å²) in [6, 6.07) is 14.6. The molecular formula is C22H21N3O4. The van der Waals surface area contributed by atoms with Gasteiger partial charge < -0.3 is 19.7 Å². The lowest BCUT2D eigenvalue weighted by atomic mass is 9.81. The molecule has 0 unspecified atom stereocenters. The van der Waals surface area contributed by atoms with Crippen LogP contribution in [0.25, 0.3) is 22.6 Å². The number of hydrogen-bond acceptors (Lipinski definition) is 4. The van der Waals surface area contributed by atoms with E-state index < -0.39 is 11.4 Å². The Morgan fingerprint density at radius 3 is 2.69 bits per heavy atom. The minimum Gasteiger partial charge on any atom is -0.481 e.